The summed E-state index contributed by atoms with van der Waals surface area (Å²) >= 11 is 0. The van der Waals surface area contributed by atoms with E-state index < -0.39 is 15.6 Å². The third-order valence-corrected chi connectivity index (χ3v) is 3.73. The molecule has 0 aromatic carbocycles. The number of nitrogens with one attached hydrogen (secondary N) is 1. The van der Waals surface area contributed by atoms with Crippen molar-refractivity contribution in [3.05, 3.63) is 0 Å². The van der Waals surface area contributed by atoms with E-state index in [2.05, 4.69) is 37.7 Å². The minimum atomic E-state index is -6.09. The molecule has 6 nitrogen and oxygen atoms in total. The van der Waals surface area contributed by atoms with Gasteiger partial charge in [-0.2, -0.15) is 13.2 Å². The van der Waals surface area contributed by atoms with Gasteiger partial charge in [0.15, 0.2) is 10.1 Å². The highest BCUT2D eigenvalue weighted by molar-refractivity contribution is 7.86. The Balaban J connectivity index is 0.000000396. The zero-order valence-corrected chi connectivity index (χ0v) is 12.9. The molecule has 0 radical (unpaired) electrons. The van der Waals surface area contributed by atoms with Crippen LogP contribution in [0.25, 0.3) is 0 Å². The second kappa shape index (κ2) is 7.55. The molecule has 0 aromatic rings. The molecule has 122 valence electrons. The summed E-state index contributed by atoms with van der Waals surface area (Å²) in [7, 11) is -1.58. The fourth-order valence-electron chi connectivity index (χ4n) is 2.14. The second-order valence-corrected chi connectivity index (χ2v) is 5.94. The van der Waals surface area contributed by atoms with Crippen LogP contribution in [0.4, 0.5) is 13.2 Å². The van der Waals surface area contributed by atoms with Crippen LogP contribution in [0, 0.1) is 0 Å². The first-order valence-corrected chi connectivity index (χ1v) is 7.65. The van der Waals surface area contributed by atoms with Crippen molar-refractivity contribution in [2.75, 3.05) is 40.3 Å². The maximum absolute atomic E-state index is 10.7. The molecule has 1 heterocycles. The first-order chi connectivity index (χ1) is 8.95. The van der Waals surface area contributed by atoms with Crippen molar-refractivity contribution in [3.63, 3.8) is 0 Å². The molecule has 1 aliphatic heterocycles. The molecule has 0 saturated carbocycles. The van der Waals surface area contributed by atoms with Crippen molar-refractivity contribution in [1.29, 1.82) is 0 Å². The summed E-state index contributed by atoms with van der Waals surface area (Å²) in [5, 5.41) is 0. The molecule has 1 rings (SSSR count). The van der Waals surface area contributed by atoms with Gasteiger partial charge in [0.1, 0.15) is 0 Å². The predicted octanol–water partition coefficient (Wildman–Crippen LogP) is -0.877. The normalized spacial score (nSPS) is 24.6. The van der Waals surface area contributed by atoms with Crippen LogP contribution in [-0.2, 0) is 10.1 Å². The minimum Gasteiger partial charge on any atom is -0.741 e. The van der Waals surface area contributed by atoms with Crippen LogP contribution in [0.2, 0.25) is 0 Å². The monoisotopic (exact) mass is 321 g/mol. The first-order valence-electron chi connectivity index (χ1n) is 6.24. The Morgan fingerprint density at radius 2 is 1.75 bits per heavy atom. The summed E-state index contributed by atoms with van der Waals surface area (Å²) in [6.07, 6.45) is 0.611. The molecule has 0 spiro atoms. The number of hydrogen-bond acceptors (Lipinski definition) is 5. The summed E-state index contributed by atoms with van der Waals surface area (Å²) in [6.45, 7) is 9.29. The minimum absolute atomic E-state index is 0.611. The van der Waals surface area contributed by atoms with E-state index in [9.17, 15) is 13.2 Å². The van der Waals surface area contributed by atoms with Gasteiger partial charge in [-0.3, -0.25) is 0 Å². The number of alkyl halides is 3. The third-order valence-electron chi connectivity index (χ3n) is 3.16. The van der Waals surface area contributed by atoms with E-state index in [0.29, 0.717) is 6.29 Å². The van der Waals surface area contributed by atoms with Crippen LogP contribution in [0.5, 0.6) is 0 Å². The Kier molecular flexibility index (Phi) is 7.39. The number of likely N-dealkylation sites (N-methyl/N-ethyl adjacent to an activating group) is 2. The fraction of sp³-hybridized carbons (Fsp3) is 1.00. The highest BCUT2D eigenvalue weighted by Gasteiger charge is 2.37. The summed E-state index contributed by atoms with van der Waals surface area (Å²) in [6, 6.07) is 0. The lowest BCUT2D eigenvalue weighted by molar-refractivity contribution is -0.911. The van der Waals surface area contributed by atoms with Gasteiger partial charge in [0.05, 0.1) is 20.1 Å². The van der Waals surface area contributed by atoms with E-state index in [1.54, 1.807) is 4.90 Å². The number of hydrogen-bond donors (Lipinski definition) is 1. The Morgan fingerprint density at radius 1 is 1.35 bits per heavy atom. The van der Waals surface area contributed by atoms with Crippen molar-refractivity contribution in [3.8, 4) is 0 Å². The molecule has 0 amide bonds. The molecular weight excluding hydrogens is 299 g/mol. The van der Waals surface area contributed by atoms with Crippen molar-refractivity contribution >= 4 is 10.1 Å². The third kappa shape index (κ3) is 5.52. The van der Waals surface area contributed by atoms with Crippen molar-refractivity contribution in [2.45, 2.75) is 25.6 Å². The molecule has 2 atom stereocenters. The van der Waals surface area contributed by atoms with Crippen molar-refractivity contribution in [2.24, 2.45) is 0 Å². The molecule has 0 aromatic heterocycles. The van der Waals surface area contributed by atoms with E-state index in [1.165, 1.54) is 13.1 Å². The first kappa shape index (κ1) is 19.6. The largest absolute Gasteiger partial charge is 0.741 e. The van der Waals surface area contributed by atoms with E-state index in [-0.39, 0.29) is 0 Å². The van der Waals surface area contributed by atoms with Gasteiger partial charge < -0.3 is 9.45 Å². The lowest BCUT2D eigenvalue weighted by atomic mass is 10.5. The van der Waals surface area contributed by atoms with Gasteiger partial charge in [-0.1, -0.05) is 13.8 Å². The summed E-state index contributed by atoms with van der Waals surface area (Å²) < 4.78 is 58.9. The zero-order valence-electron chi connectivity index (χ0n) is 12.1. The molecule has 0 bridgehead atoms. The number of rotatable bonds is 3. The molecule has 20 heavy (non-hydrogen) atoms. The van der Waals surface area contributed by atoms with E-state index >= 15 is 0 Å². The summed E-state index contributed by atoms with van der Waals surface area (Å²) in [4.78, 5) is 6.59. The van der Waals surface area contributed by atoms with Crippen molar-refractivity contribution < 1.29 is 31.0 Å². The summed E-state index contributed by atoms with van der Waals surface area (Å²) in [5.41, 5.74) is -5.65. The molecule has 10 heteroatoms. The van der Waals surface area contributed by atoms with Gasteiger partial charge in [-0.15, -0.1) is 0 Å². The SMILES string of the molecule is CCN(CC)C1N(C)CC[NH+]1C.O=S(=O)([O-])C(F)(F)F. The van der Waals surface area contributed by atoms with Crippen LogP contribution in [0.1, 0.15) is 13.8 Å². The molecule has 2 unspecified atom stereocenters. The zero-order chi connectivity index (χ0) is 16.1. The second-order valence-electron chi connectivity index (χ2n) is 4.57. The van der Waals surface area contributed by atoms with Gasteiger partial charge in [-0.25, -0.2) is 18.2 Å². The van der Waals surface area contributed by atoms with Gasteiger partial charge >= 0.3 is 5.51 Å². The number of halogens is 3. The molecule has 1 saturated heterocycles. The van der Waals surface area contributed by atoms with Crippen LogP contribution in [0.15, 0.2) is 0 Å². The topological polar surface area (TPSA) is 68.1 Å². The Hall–Kier alpha value is -0.420. The average molecular weight is 321 g/mol. The van der Waals surface area contributed by atoms with E-state index in [4.69, 9.17) is 13.0 Å². The Morgan fingerprint density at radius 3 is 1.95 bits per heavy atom. The van der Waals surface area contributed by atoms with Gasteiger partial charge in [0.2, 0.25) is 6.29 Å². The van der Waals surface area contributed by atoms with Crippen LogP contribution >= 0.6 is 0 Å². The fourth-order valence-corrected chi connectivity index (χ4v) is 2.14. The summed E-state index contributed by atoms with van der Waals surface area (Å²) in [5.74, 6) is 0. The molecular formula is C10H22F3N3O3S. The standard InChI is InChI=1S/C9H21N3.CHF3O3S/c1-5-12(6-2)9-10(3)7-8-11(9)4;2-1(3,4)8(5,6)7/h9H,5-8H2,1-4H3;(H,5,6,7). The molecule has 1 N–H and O–H groups in total. The maximum Gasteiger partial charge on any atom is 0.485 e. The average Bonchev–Trinajstić information content (AvgIpc) is 2.61. The number of nitrogens with zero attached hydrogens (tertiary/aromatic N) is 2. The van der Waals surface area contributed by atoms with Gasteiger partial charge in [0, 0.05) is 13.1 Å². The molecule has 1 aliphatic rings. The lowest BCUT2D eigenvalue weighted by Gasteiger charge is -2.31. The predicted molar refractivity (Wildman–Crippen MR) is 66.8 cm³/mol. The number of quaternary nitrogens is 1. The maximum atomic E-state index is 10.7. The molecule has 1 fully saturated rings. The van der Waals surface area contributed by atoms with Crippen LogP contribution in [-0.4, -0.2) is 74.8 Å². The highest BCUT2D eigenvalue weighted by atomic mass is 32.2. The van der Waals surface area contributed by atoms with Crippen LogP contribution in [0.3, 0.4) is 0 Å². The Bertz CT molecular complexity index is 375. The van der Waals surface area contributed by atoms with Gasteiger partial charge in [-0.05, 0) is 7.05 Å². The van der Waals surface area contributed by atoms with Crippen molar-refractivity contribution in [1.82, 2.24) is 9.80 Å². The smallest absolute Gasteiger partial charge is 0.485 e. The van der Waals surface area contributed by atoms with Crippen LogP contribution < -0.4 is 4.90 Å². The molecule has 0 aliphatic carbocycles. The van der Waals surface area contributed by atoms with E-state index in [1.807, 2.05) is 0 Å². The van der Waals surface area contributed by atoms with E-state index in [0.717, 1.165) is 13.1 Å². The van der Waals surface area contributed by atoms with Gasteiger partial charge in [0.25, 0.3) is 0 Å². The quantitative estimate of drug-likeness (QED) is 0.540. The highest BCUT2D eigenvalue weighted by Crippen LogP contribution is 2.20. The Labute approximate surface area is 117 Å². The lowest BCUT2D eigenvalue weighted by Crippen LogP contribution is -3.13.